The average molecular weight is 450 g/mol. The highest BCUT2D eigenvalue weighted by molar-refractivity contribution is 5.91. The molecule has 7 heteroatoms. The number of nitrogens with two attached hydrogens (primary N) is 2. The summed E-state index contributed by atoms with van der Waals surface area (Å²) in [4.78, 5) is 4.77. The van der Waals surface area contributed by atoms with E-state index in [1.807, 2.05) is 36.5 Å². The molecule has 1 aliphatic rings. The number of nitrogens with one attached hydrogen (secondary N) is 2. The molecule has 0 spiro atoms. The summed E-state index contributed by atoms with van der Waals surface area (Å²) in [5.41, 5.74) is 10.9. The third-order valence-electron chi connectivity index (χ3n) is 5.40. The van der Waals surface area contributed by atoms with Crippen molar-refractivity contribution in [2.45, 2.75) is 32.6 Å². The molecular weight excluding hydrogens is 414 g/mol. The summed E-state index contributed by atoms with van der Waals surface area (Å²) in [5.74, 6) is 12.3. The van der Waals surface area contributed by atoms with E-state index < -0.39 is 0 Å². The lowest BCUT2D eigenvalue weighted by Crippen LogP contribution is -2.24. The van der Waals surface area contributed by atoms with Gasteiger partial charge in [0.2, 0.25) is 0 Å². The fourth-order valence-electron chi connectivity index (χ4n) is 3.65. The highest BCUT2D eigenvalue weighted by Gasteiger charge is 2.13. The molecule has 0 saturated heterocycles. The summed E-state index contributed by atoms with van der Waals surface area (Å²) >= 11 is 0. The molecule has 7 nitrogen and oxygen atoms in total. The minimum absolute atomic E-state index is 0.606. The van der Waals surface area contributed by atoms with Gasteiger partial charge in [0.1, 0.15) is 11.5 Å². The zero-order chi connectivity index (χ0) is 23.3. The van der Waals surface area contributed by atoms with E-state index in [0.717, 1.165) is 67.1 Å². The first kappa shape index (κ1) is 24.7. The van der Waals surface area contributed by atoms with E-state index in [1.54, 1.807) is 0 Å². The lowest BCUT2D eigenvalue weighted by Gasteiger charge is -2.13. The molecule has 0 bridgehead atoms. The summed E-state index contributed by atoms with van der Waals surface area (Å²) in [6.07, 6.45) is 7.64. The van der Waals surface area contributed by atoms with Crippen LogP contribution in [0.25, 0.3) is 11.3 Å². The Morgan fingerprint density at radius 3 is 2.09 bits per heavy atom. The van der Waals surface area contributed by atoms with Crippen molar-refractivity contribution in [3.05, 3.63) is 71.3 Å². The van der Waals surface area contributed by atoms with Crippen molar-refractivity contribution < 1.29 is 9.47 Å². The molecule has 6 N–H and O–H groups in total. The van der Waals surface area contributed by atoms with E-state index in [2.05, 4.69) is 42.1 Å². The van der Waals surface area contributed by atoms with Crippen molar-refractivity contribution in [2.75, 3.05) is 26.3 Å². The monoisotopic (exact) mass is 449 g/mol. The molecule has 0 amide bonds. The number of hydrogen-bond donors (Lipinski definition) is 4. The van der Waals surface area contributed by atoms with E-state index >= 15 is 0 Å². The summed E-state index contributed by atoms with van der Waals surface area (Å²) in [6.45, 7) is 4.85. The van der Waals surface area contributed by atoms with Gasteiger partial charge < -0.3 is 9.47 Å². The van der Waals surface area contributed by atoms with Gasteiger partial charge in [-0.25, -0.2) is 0 Å². The molecule has 176 valence electrons. The Hall–Kier alpha value is -2.97. The Morgan fingerprint density at radius 2 is 1.48 bits per heavy atom. The average Bonchev–Trinajstić information content (AvgIpc) is 3.08. The molecule has 0 atom stereocenters. The Bertz CT molecular complexity index is 984. The zero-order valence-corrected chi connectivity index (χ0v) is 19.3. The molecule has 0 saturated carbocycles. The van der Waals surface area contributed by atoms with Crippen molar-refractivity contribution in [3.8, 4) is 11.5 Å². The van der Waals surface area contributed by atoms with Crippen LogP contribution in [0.1, 0.15) is 43.7 Å². The minimum Gasteiger partial charge on any atom is -0.494 e. The van der Waals surface area contributed by atoms with Gasteiger partial charge in [-0.05, 0) is 60.7 Å². The van der Waals surface area contributed by atoms with Gasteiger partial charge in [0.15, 0.2) is 0 Å². The zero-order valence-electron chi connectivity index (χ0n) is 19.3. The predicted molar refractivity (Wildman–Crippen MR) is 136 cm³/mol. The number of aliphatic imine (C=N–C) groups is 1. The normalized spacial score (nSPS) is 13.6. The molecule has 0 unspecified atom stereocenters. The van der Waals surface area contributed by atoms with Gasteiger partial charge in [0, 0.05) is 31.3 Å². The summed E-state index contributed by atoms with van der Waals surface area (Å²) < 4.78 is 11.8. The summed E-state index contributed by atoms with van der Waals surface area (Å²) in [6, 6.07) is 16.3. The number of hydrazine groups is 2. The standard InChI is InChI=1S/C26H35N5O2/c1-2-20-11-14-29-26(22-8-4-10-24(18-22)33-16-6-13-31-28)19-25(20)21-7-3-9-23(17-21)32-15-5-12-30-27/h3-4,7-10,14,17-19,30-31H,2,5-6,11-13,15-16,27-28H2,1H3. The second-order valence-electron chi connectivity index (χ2n) is 7.78. The van der Waals surface area contributed by atoms with Gasteiger partial charge >= 0.3 is 0 Å². The lowest BCUT2D eigenvalue weighted by molar-refractivity contribution is 0.308. The number of allylic oxidation sites excluding steroid dienone is 3. The molecule has 2 aromatic carbocycles. The first-order chi connectivity index (χ1) is 16.2. The van der Waals surface area contributed by atoms with Crippen molar-refractivity contribution in [2.24, 2.45) is 16.7 Å². The van der Waals surface area contributed by atoms with Crippen molar-refractivity contribution in [3.63, 3.8) is 0 Å². The van der Waals surface area contributed by atoms with Crippen LogP contribution in [0.5, 0.6) is 11.5 Å². The first-order valence-corrected chi connectivity index (χ1v) is 11.5. The largest absolute Gasteiger partial charge is 0.494 e. The van der Waals surface area contributed by atoms with E-state index in [9.17, 15) is 0 Å². The van der Waals surface area contributed by atoms with Crippen LogP contribution in [0.2, 0.25) is 0 Å². The van der Waals surface area contributed by atoms with Gasteiger partial charge in [-0.1, -0.05) is 36.8 Å². The molecule has 2 aromatic rings. The van der Waals surface area contributed by atoms with E-state index in [-0.39, 0.29) is 0 Å². The topological polar surface area (TPSA) is 107 Å². The number of rotatable bonds is 13. The maximum absolute atomic E-state index is 5.92. The lowest BCUT2D eigenvalue weighted by atomic mass is 9.95. The quantitative estimate of drug-likeness (QED) is 0.210. The van der Waals surface area contributed by atoms with Gasteiger partial charge in [-0.2, -0.15) is 0 Å². The molecule has 1 heterocycles. The van der Waals surface area contributed by atoms with Crippen LogP contribution < -0.4 is 32.0 Å². The summed E-state index contributed by atoms with van der Waals surface area (Å²) in [5, 5.41) is 0. The van der Waals surface area contributed by atoms with Crippen LogP contribution in [0.3, 0.4) is 0 Å². The van der Waals surface area contributed by atoms with Crippen molar-refractivity contribution in [1.82, 2.24) is 10.9 Å². The number of ether oxygens (including phenoxy) is 2. The van der Waals surface area contributed by atoms with E-state index in [4.69, 9.17) is 26.2 Å². The van der Waals surface area contributed by atoms with Crippen LogP contribution >= 0.6 is 0 Å². The third-order valence-corrected chi connectivity index (χ3v) is 5.40. The highest BCUT2D eigenvalue weighted by Crippen LogP contribution is 2.33. The van der Waals surface area contributed by atoms with Gasteiger partial charge in [-0.15, -0.1) is 0 Å². The highest BCUT2D eigenvalue weighted by atomic mass is 16.5. The fourth-order valence-corrected chi connectivity index (χ4v) is 3.65. The molecule has 3 rings (SSSR count). The predicted octanol–water partition coefficient (Wildman–Crippen LogP) is 3.83. The summed E-state index contributed by atoms with van der Waals surface area (Å²) in [7, 11) is 0. The van der Waals surface area contributed by atoms with E-state index in [0.29, 0.717) is 13.2 Å². The van der Waals surface area contributed by atoms with Crippen LogP contribution in [0.15, 0.2) is 65.2 Å². The van der Waals surface area contributed by atoms with Crippen LogP contribution in [-0.2, 0) is 0 Å². The van der Waals surface area contributed by atoms with Gasteiger partial charge in [-0.3, -0.25) is 27.5 Å². The van der Waals surface area contributed by atoms with Gasteiger partial charge in [0.05, 0.1) is 18.9 Å². The van der Waals surface area contributed by atoms with Gasteiger partial charge in [0.25, 0.3) is 0 Å². The molecule has 33 heavy (non-hydrogen) atoms. The molecule has 0 aromatic heterocycles. The van der Waals surface area contributed by atoms with Crippen LogP contribution in [0.4, 0.5) is 0 Å². The maximum Gasteiger partial charge on any atom is 0.119 e. The number of nitrogens with zero attached hydrogens (tertiary/aromatic N) is 1. The Morgan fingerprint density at radius 1 is 0.879 bits per heavy atom. The smallest absolute Gasteiger partial charge is 0.119 e. The first-order valence-electron chi connectivity index (χ1n) is 11.5. The second-order valence-corrected chi connectivity index (χ2v) is 7.78. The third kappa shape index (κ3) is 7.54. The maximum atomic E-state index is 5.92. The number of benzene rings is 2. The molecule has 0 aliphatic carbocycles. The molecule has 1 aliphatic heterocycles. The molecular formula is C26H35N5O2. The Balaban J connectivity index is 1.84. The van der Waals surface area contributed by atoms with E-state index in [1.165, 1.54) is 11.1 Å². The SMILES string of the molecule is CCC1=C(c2cccc(OCCCNN)c2)C=C(c2cccc(OCCCNN)c2)N=CC1. The number of hydrogen-bond acceptors (Lipinski definition) is 7. The molecule has 0 fully saturated rings. The van der Waals surface area contributed by atoms with Crippen molar-refractivity contribution >= 4 is 17.5 Å². The Kier molecular flexibility index (Phi) is 10.1. The second kappa shape index (κ2) is 13.5. The minimum atomic E-state index is 0.606. The molecule has 0 radical (unpaired) electrons. The fraction of sp³-hybridized carbons (Fsp3) is 0.346. The Labute approximate surface area is 196 Å². The van der Waals surface area contributed by atoms with Crippen LogP contribution in [-0.4, -0.2) is 32.5 Å². The van der Waals surface area contributed by atoms with Crippen LogP contribution in [0, 0.1) is 0 Å². The van der Waals surface area contributed by atoms with Crippen molar-refractivity contribution in [1.29, 1.82) is 0 Å².